The number of nitrogens with zero attached hydrogens (tertiary/aromatic N) is 2. The fourth-order valence-electron chi connectivity index (χ4n) is 1.60. The zero-order valence-corrected chi connectivity index (χ0v) is 10.6. The van der Waals surface area contributed by atoms with Crippen LogP contribution in [0.5, 0.6) is 0 Å². The zero-order chi connectivity index (χ0) is 12.8. The van der Waals surface area contributed by atoms with Crippen LogP contribution < -0.4 is 5.32 Å². The number of halogens is 1. The van der Waals surface area contributed by atoms with E-state index in [1.165, 1.54) is 0 Å². The highest BCUT2D eigenvalue weighted by Gasteiger charge is 2.10. The van der Waals surface area contributed by atoms with E-state index < -0.39 is 0 Å². The van der Waals surface area contributed by atoms with Gasteiger partial charge in [-0.05, 0) is 12.5 Å². The molecular weight excluding hydrogens is 250 g/mol. The molecule has 0 atom stereocenters. The van der Waals surface area contributed by atoms with Gasteiger partial charge in [-0.1, -0.05) is 29.8 Å². The number of rotatable bonds is 5. The molecule has 5 heteroatoms. The van der Waals surface area contributed by atoms with Gasteiger partial charge in [0.2, 0.25) is 0 Å². The summed E-state index contributed by atoms with van der Waals surface area (Å²) in [5.74, 6) is 0.680. The first-order valence-electron chi connectivity index (χ1n) is 5.73. The van der Waals surface area contributed by atoms with Crippen LogP contribution in [0.25, 0.3) is 11.3 Å². The van der Waals surface area contributed by atoms with Crippen LogP contribution in [0.2, 0.25) is 5.02 Å². The Kier molecular flexibility index (Phi) is 4.50. The minimum absolute atomic E-state index is 0.148. The Morgan fingerprint density at radius 3 is 2.72 bits per heavy atom. The van der Waals surface area contributed by atoms with Gasteiger partial charge in [-0.25, -0.2) is 4.98 Å². The van der Waals surface area contributed by atoms with Gasteiger partial charge < -0.3 is 10.4 Å². The second kappa shape index (κ2) is 6.33. The van der Waals surface area contributed by atoms with Gasteiger partial charge in [0, 0.05) is 31.1 Å². The Labute approximate surface area is 111 Å². The molecule has 94 valence electrons. The van der Waals surface area contributed by atoms with Crippen molar-refractivity contribution in [1.29, 1.82) is 0 Å². The van der Waals surface area contributed by atoms with E-state index in [2.05, 4.69) is 15.3 Å². The van der Waals surface area contributed by atoms with Gasteiger partial charge in [-0.15, -0.1) is 0 Å². The van der Waals surface area contributed by atoms with Gasteiger partial charge in [0.1, 0.15) is 5.69 Å². The molecule has 0 saturated carbocycles. The molecular formula is C13H14ClN3O. The fraction of sp³-hybridized carbons (Fsp3) is 0.231. The van der Waals surface area contributed by atoms with E-state index in [-0.39, 0.29) is 6.61 Å². The molecule has 2 aromatic rings. The van der Waals surface area contributed by atoms with Crippen LogP contribution in [-0.4, -0.2) is 28.2 Å². The van der Waals surface area contributed by atoms with Gasteiger partial charge in [0.15, 0.2) is 5.82 Å². The highest BCUT2D eigenvalue weighted by Crippen LogP contribution is 2.29. The smallest absolute Gasteiger partial charge is 0.152 e. The predicted octanol–water partition coefficient (Wildman–Crippen LogP) is 2.59. The number of aliphatic hydroxyl groups excluding tert-OH is 1. The third-order valence-electron chi connectivity index (χ3n) is 2.45. The predicted molar refractivity (Wildman–Crippen MR) is 72.7 cm³/mol. The highest BCUT2D eigenvalue weighted by molar-refractivity contribution is 6.33. The molecule has 0 spiro atoms. The van der Waals surface area contributed by atoms with E-state index in [1.54, 1.807) is 12.4 Å². The number of nitrogens with one attached hydrogen (secondary N) is 1. The van der Waals surface area contributed by atoms with E-state index in [1.807, 2.05) is 24.3 Å². The van der Waals surface area contributed by atoms with Crippen LogP contribution in [0.3, 0.4) is 0 Å². The number of hydrogen-bond acceptors (Lipinski definition) is 4. The quantitative estimate of drug-likeness (QED) is 0.814. The summed E-state index contributed by atoms with van der Waals surface area (Å²) in [6.45, 7) is 0.793. The number of aromatic nitrogens is 2. The minimum atomic E-state index is 0.148. The SMILES string of the molecule is OCCCNc1nccnc1-c1ccccc1Cl. The molecule has 0 bridgehead atoms. The fourth-order valence-corrected chi connectivity index (χ4v) is 1.83. The third kappa shape index (κ3) is 2.97. The van der Waals surface area contributed by atoms with Crippen molar-refractivity contribution in [3.63, 3.8) is 0 Å². The molecule has 1 aromatic heterocycles. The third-order valence-corrected chi connectivity index (χ3v) is 2.78. The second-order valence-corrected chi connectivity index (χ2v) is 4.14. The second-order valence-electron chi connectivity index (χ2n) is 3.74. The van der Waals surface area contributed by atoms with Crippen molar-refractivity contribution in [3.05, 3.63) is 41.7 Å². The summed E-state index contributed by atoms with van der Waals surface area (Å²) in [5, 5.41) is 12.6. The molecule has 1 aromatic carbocycles. The first-order chi connectivity index (χ1) is 8.83. The topological polar surface area (TPSA) is 58.0 Å². The molecule has 18 heavy (non-hydrogen) atoms. The average Bonchev–Trinajstić information content (AvgIpc) is 2.40. The lowest BCUT2D eigenvalue weighted by molar-refractivity contribution is 0.292. The molecule has 0 aliphatic rings. The molecule has 0 amide bonds. The summed E-state index contributed by atoms with van der Waals surface area (Å²) in [6, 6.07) is 7.51. The van der Waals surface area contributed by atoms with E-state index in [9.17, 15) is 0 Å². The molecule has 0 unspecified atom stereocenters. The van der Waals surface area contributed by atoms with Crippen LogP contribution >= 0.6 is 11.6 Å². The molecule has 4 nitrogen and oxygen atoms in total. The average molecular weight is 264 g/mol. The van der Waals surface area contributed by atoms with Gasteiger partial charge in [0.05, 0.1) is 5.02 Å². The van der Waals surface area contributed by atoms with E-state index in [0.717, 1.165) is 11.3 Å². The number of aliphatic hydroxyl groups is 1. The largest absolute Gasteiger partial charge is 0.396 e. The minimum Gasteiger partial charge on any atom is -0.396 e. The van der Waals surface area contributed by atoms with Gasteiger partial charge in [-0.3, -0.25) is 4.98 Å². The Morgan fingerprint density at radius 1 is 1.17 bits per heavy atom. The standard InChI is InChI=1S/C13H14ClN3O/c14-11-5-2-1-4-10(11)12-13(16-6-3-9-18)17-8-7-15-12/h1-2,4-5,7-8,18H,3,6,9H2,(H,16,17). The molecule has 0 saturated heterocycles. The van der Waals surface area contributed by atoms with Crippen molar-refractivity contribution < 1.29 is 5.11 Å². The van der Waals surface area contributed by atoms with Crippen LogP contribution in [0.1, 0.15) is 6.42 Å². The summed E-state index contributed by atoms with van der Waals surface area (Å²) in [6.07, 6.45) is 3.93. The number of hydrogen-bond donors (Lipinski definition) is 2. The van der Waals surface area contributed by atoms with Gasteiger partial charge >= 0.3 is 0 Å². The zero-order valence-electron chi connectivity index (χ0n) is 9.81. The Bertz CT molecular complexity index is 519. The van der Waals surface area contributed by atoms with Crippen molar-refractivity contribution in [2.24, 2.45) is 0 Å². The van der Waals surface area contributed by atoms with Crippen LogP contribution in [0, 0.1) is 0 Å². The normalized spacial score (nSPS) is 10.3. The van der Waals surface area contributed by atoms with Crippen LogP contribution in [-0.2, 0) is 0 Å². The highest BCUT2D eigenvalue weighted by atomic mass is 35.5. The maximum atomic E-state index is 8.78. The Morgan fingerprint density at radius 2 is 1.94 bits per heavy atom. The lowest BCUT2D eigenvalue weighted by atomic mass is 10.1. The maximum Gasteiger partial charge on any atom is 0.152 e. The first-order valence-corrected chi connectivity index (χ1v) is 6.11. The summed E-state index contributed by atoms with van der Waals surface area (Å²) in [4.78, 5) is 8.57. The van der Waals surface area contributed by atoms with E-state index in [4.69, 9.17) is 16.7 Å². The van der Waals surface area contributed by atoms with Crippen molar-refractivity contribution in [1.82, 2.24) is 9.97 Å². The molecule has 1 heterocycles. The molecule has 0 fully saturated rings. The van der Waals surface area contributed by atoms with Crippen LogP contribution in [0.15, 0.2) is 36.7 Å². The van der Waals surface area contributed by atoms with Crippen molar-refractivity contribution >= 4 is 17.4 Å². The van der Waals surface area contributed by atoms with Gasteiger partial charge in [-0.2, -0.15) is 0 Å². The summed E-state index contributed by atoms with van der Waals surface area (Å²) >= 11 is 6.16. The van der Waals surface area contributed by atoms with Crippen molar-refractivity contribution in [2.45, 2.75) is 6.42 Å². The Balaban J connectivity index is 2.30. The monoisotopic (exact) mass is 263 g/mol. The Hall–Kier alpha value is -1.65. The van der Waals surface area contributed by atoms with Gasteiger partial charge in [0.25, 0.3) is 0 Å². The summed E-state index contributed by atoms with van der Waals surface area (Å²) < 4.78 is 0. The molecule has 0 aliphatic carbocycles. The lowest BCUT2D eigenvalue weighted by Crippen LogP contribution is -2.07. The van der Waals surface area contributed by atoms with Crippen molar-refractivity contribution in [2.75, 3.05) is 18.5 Å². The maximum absolute atomic E-state index is 8.78. The molecule has 0 radical (unpaired) electrons. The molecule has 2 rings (SSSR count). The van der Waals surface area contributed by atoms with E-state index >= 15 is 0 Å². The molecule has 0 aliphatic heterocycles. The van der Waals surface area contributed by atoms with Crippen molar-refractivity contribution in [3.8, 4) is 11.3 Å². The summed E-state index contributed by atoms with van der Waals surface area (Å²) in [5.41, 5.74) is 1.57. The first kappa shape index (κ1) is 12.8. The lowest BCUT2D eigenvalue weighted by Gasteiger charge is -2.10. The number of anilines is 1. The van der Waals surface area contributed by atoms with E-state index in [0.29, 0.717) is 23.8 Å². The molecule has 2 N–H and O–H groups in total. The summed E-state index contributed by atoms with van der Waals surface area (Å²) in [7, 11) is 0. The van der Waals surface area contributed by atoms with Crippen LogP contribution in [0.4, 0.5) is 5.82 Å². The number of benzene rings is 1.